The van der Waals surface area contributed by atoms with E-state index < -0.39 is 23.9 Å². The summed E-state index contributed by atoms with van der Waals surface area (Å²) >= 11 is 0. The molecule has 0 saturated heterocycles. The molecule has 1 aliphatic carbocycles. The minimum atomic E-state index is -1.06. The van der Waals surface area contributed by atoms with E-state index in [1.807, 2.05) is 54.6 Å². The third-order valence-electron chi connectivity index (χ3n) is 7.20. The lowest BCUT2D eigenvalue weighted by atomic mass is 9.83. The van der Waals surface area contributed by atoms with Crippen LogP contribution >= 0.6 is 0 Å². The summed E-state index contributed by atoms with van der Waals surface area (Å²) in [5, 5.41) is 23.9. The van der Waals surface area contributed by atoms with E-state index in [2.05, 4.69) is 21.1 Å². The van der Waals surface area contributed by atoms with Gasteiger partial charge < -0.3 is 25.6 Å². The Morgan fingerprint density at radius 1 is 0.923 bits per heavy atom. The number of hydrogen-bond acceptors (Lipinski definition) is 5. The van der Waals surface area contributed by atoms with Crippen molar-refractivity contribution in [2.24, 2.45) is 5.92 Å². The predicted octanol–water partition coefficient (Wildman–Crippen LogP) is 6.21. The summed E-state index contributed by atoms with van der Waals surface area (Å²) in [6.45, 7) is 1.70. The van der Waals surface area contributed by atoms with Crippen LogP contribution in [0, 0.1) is 12.8 Å². The maximum atomic E-state index is 13.5. The molecular weight excluding hydrogens is 496 g/mol. The normalized spacial score (nSPS) is 14.5. The molecule has 200 valence electrons. The molecule has 9 nitrogen and oxygen atoms in total. The molecule has 0 radical (unpaired) electrons. The van der Waals surface area contributed by atoms with Crippen LogP contribution in [0.5, 0.6) is 0 Å². The lowest BCUT2D eigenvalue weighted by Crippen LogP contribution is -2.46. The molecule has 0 aliphatic heterocycles. The zero-order chi connectivity index (χ0) is 27.4. The van der Waals surface area contributed by atoms with Crippen LogP contribution in [0.1, 0.15) is 48.2 Å². The molecule has 3 amide bonds. The van der Waals surface area contributed by atoms with Crippen molar-refractivity contribution in [1.82, 2.24) is 10.5 Å². The fourth-order valence-corrected chi connectivity index (χ4v) is 5.18. The number of benzene rings is 3. The summed E-state index contributed by atoms with van der Waals surface area (Å²) in [6.07, 6.45) is 4.47. The van der Waals surface area contributed by atoms with Gasteiger partial charge in [-0.25, -0.2) is 9.59 Å². The van der Waals surface area contributed by atoms with Gasteiger partial charge >= 0.3 is 12.0 Å². The number of urea groups is 1. The fourth-order valence-electron chi connectivity index (χ4n) is 5.18. The molecule has 1 saturated carbocycles. The van der Waals surface area contributed by atoms with Gasteiger partial charge in [0, 0.05) is 5.56 Å². The van der Waals surface area contributed by atoms with Crippen molar-refractivity contribution in [3.8, 4) is 11.3 Å². The Balaban J connectivity index is 1.42. The standard InChI is InChI=1S/C30H30N4O5/c1-18-25(26(34-39-18)19-10-4-2-5-11-19)33-30(38)31-24-17-22-15-9-8-14-21(22)16-23(24)28(35)32-27(29(36)37)20-12-6-3-7-13-20/h2,4-5,8-11,14-17,20,27H,3,6-7,12-13H2,1H3,(H,32,35)(H,36,37)(H2,31,33,38)/t27-/m0/s1. The van der Waals surface area contributed by atoms with Crippen LogP contribution in [0.25, 0.3) is 22.0 Å². The summed E-state index contributed by atoms with van der Waals surface area (Å²) in [6, 6.07) is 18.6. The van der Waals surface area contributed by atoms with Gasteiger partial charge in [0.2, 0.25) is 0 Å². The largest absolute Gasteiger partial charge is 0.480 e. The van der Waals surface area contributed by atoms with Crippen molar-refractivity contribution < 1.29 is 24.0 Å². The first-order chi connectivity index (χ1) is 18.9. The minimum Gasteiger partial charge on any atom is -0.480 e. The first kappa shape index (κ1) is 26.0. The van der Waals surface area contributed by atoms with Crippen LogP contribution in [0.4, 0.5) is 16.2 Å². The topological polar surface area (TPSA) is 134 Å². The molecule has 9 heteroatoms. The van der Waals surface area contributed by atoms with Crippen LogP contribution in [-0.2, 0) is 4.79 Å². The maximum Gasteiger partial charge on any atom is 0.326 e. The Morgan fingerprint density at radius 3 is 2.28 bits per heavy atom. The van der Waals surface area contributed by atoms with E-state index in [0.29, 0.717) is 17.1 Å². The van der Waals surface area contributed by atoms with Crippen LogP contribution in [0.15, 0.2) is 71.3 Å². The first-order valence-corrected chi connectivity index (χ1v) is 13.1. The highest BCUT2D eigenvalue weighted by Crippen LogP contribution is 2.31. The molecule has 4 aromatic rings. The van der Waals surface area contributed by atoms with Crippen molar-refractivity contribution in [2.45, 2.75) is 45.1 Å². The Hall–Kier alpha value is -4.66. The quantitative estimate of drug-likeness (QED) is 0.226. The second-order valence-electron chi connectivity index (χ2n) is 9.84. The van der Waals surface area contributed by atoms with Gasteiger partial charge in [0.15, 0.2) is 5.76 Å². The number of carbonyl (C=O) groups excluding carboxylic acids is 2. The minimum absolute atomic E-state index is 0.131. The molecule has 1 heterocycles. The number of nitrogens with zero attached hydrogens (tertiary/aromatic N) is 1. The summed E-state index contributed by atoms with van der Waals surface area (Å²) < 4.78 is 5.33. The van der Waals surface area contributed by atoms with Gasteiger partial charge in [0.05, 0.1) is 11.3 Å². The van der Waals surface area contributed by atoms with Gasteiger partial charge in [-0.2, -0.15) is 0 Å². The predicted molar refractivity (Wildman–Crippen MR) is 149 cm³/mol. The Labute approximate surface area is 225 Å². The first-order valence-electron chi connectivity index (χ1n) is 13.1. The van der Waals surface area contributed by atoms with Gasteiger partial charge in [0.1, 0.15) is 17.4 Å². The van der Waals surface area contributed by atoms with E-state index in [0.717, 1.165) is 48.4 Å². The number of amides is 3. The maximum absolute atomic E-state index is 13.5. The van der Waals surface area contributed by atoms with Crippen molar-refractivity contribution >= 4 is 40.1 Å². The highest BCUT2D eigenvalue weighted by molar-refractivity contribution is 6.10. The van der Waals surface area contributed by atoms with Gasteiger partial charge in [-0.05, 0) is 48.6 Å². The molecule has 0 unspecified atom stereocenters. The summed E-state index contributed by atoms with van der Waals surface area (Å²) in [7, 11) is 0. The fraction of sp³-hybridized carbons (Fsp3) is 0.267. The number of hydrogen-bond donors (Lipinski definition) is 4. The monoisotopic (exact) mass is 526 g/mol. The molecule has 1 fully saturated rings. The van der Waals surface area contributed by atoms with Crippen molar-refractivity contribution in [1.29, 1.82) is 0 Å². The molecular formula is C30H30N4O5. The Kier molecular flexibility index (Phi) is 7.58. The van der Waals surface area contributed by atoms with Crippen LogP contribution < -0.4 is 16.0 Å². The molecule has 4 N–H and O–H groups in total. The van der Waals surface area contributed by atoms with Gasteiger partial charge in [-0.3, -0.25) is 4.79 Å². The molecule has 3 aromatic carbocycles. The van der Waals surface area contributed by atoms with E-state index in [4.69, 9.17) is 4.52 Å². The molecule has 5 rings (SSSR count). The number of carbonyl (C=O) groups is 3. The van der Waals surface area contributed by atoms with Crippen LogP contribution in [0.3, 0.4) is 0 Å². The molecule has 1 aromatic heterocycles. The number of anilines is 2. The number of carboxylic acids is 1. The molecule has 0 spiro atoms. The zero-order valence-corrected chi connectivity index (χ0v) is 21.6. The molecule has 1 atom stereocenters. The lowest BCUT2D eigenvalue weighted by molar-refractivity contribution is -0.141. The number of nitrogens with one attached hydrogen (secondary N) is 3. The highest BCUT2D eigenvalue weighted by atomic mass is 16.5. The van der Waals surface area contributed by atoms with E-state index in [9.17, 15) is 19.5 Å². The summed E-state index contributed by atoms with van der Waals surface area (Å²) in [4.78, 5) is 38.8. The van der Waals surface area contributed by atoms with Crippen molar-refractivity contribution in [2.75, 3.05) is 10.6 Å². The number of rotatable bonds is 7. The van der Waals surface area contributed by atoms with Gasteiger partial charge in [-0.15, -0.1) is 0 Å². The van der Waals surface area contributed by atoms with Crippen molar-refractivity contribution in [3.63, 3.8) is 0 Å². The van der Waals surface area contributed by atoms with Gasteiger partial charge in [-0.1, -0.05) is 79.0 Å². The third-order valence-corrected chi connectivity index (χ3v) is 7.20. The number of aromatic nitrogens is 1. The van der Waals surface area contributed by atoms with Crippen LogP contribution in [-0.4, -0.2) is 34.2 Å². The number of carboxylic acid groups (broad SMARTS) is 1. The summed E-state index contributed by atoms with van der Waals surface area (Å²) in [5.41, 5.74) is 2.10. The third kappa shape index (κ3) is 5.77. The number of aliphatic carboxylic acids is 1. The van der Waals surface area contributed by atoms with Gasteiger partial charge in [0.25, 0.3) is 5.91 Å². The second-order valence-corrected chi connectivity index (χ2v) is 9.84. The van der Waals surface area contributed by atoms with E-state index >= 15 is 0 Å². The molecule has 1 aliphatic rings. The zero-order valence-electron chi connectivity index (χ0n) is 21.6. The van der Waals surface area contributed by atoms with E-state index in [-0.39, 0.29) is 17.2 Å². The average Bonchev–Trinajstić information content (AvgIpc) is 3.31. The van der Waals surface area contributed by atoms with Crippen LogP contribution in [0.2, 0.25) is 0 Å². The average molecular weight is 527 g/mol. The Morgan fingerprint density at radius 2 is 1.59 bits per heavy atom. The highest BCUT2D eigenvalue weighted by Gasteiger charge is 2.31. The smallest absolute Gasteiger partial charge is 0.326 e. The number of aryl methyl sites for hydroxylation is 1. The van der Waals surface area contributed by atoms with E-state index in [1.165, 1.54) is 0 Å². The summed E-state index contributed by atoms with van der Waals surface area (Å²) in [5.74, 6) is -1.31. The molecule has 0 bridgehead atoms. The lowest BCUT2D eigenvalue weighted by Gasteiger charge is -2.28. The Bertz CT molecular complexity index is 1510. The number of fused-ring (bicyclic) bond motifs is 1. The SMILES string of the molecule is Cc1onc(-c2ccccc2)c1NC(=O)Nc1cc2ccccc2cc1C(=O)N[C@H](C(=O)O)C1CCCCC1. The molecule has 39 heavy (non-hydrogen) atoms. The van der Waals surface area contributed by atoms with E-state index in [1.54, 1.807) is 19.1 Å². The second kappa shape index (κ2) is 11.4. The van der Waals surface area contributed by atoms with Crippen molar-refractivity contribution in [3.05, 3.63) is 78.1 Å².